The molecule has 0 fully saturated rings. The van der Waals surface area contributed by atoms with Gasteiger partial charge in [-0.2, -0.15) is 0 Å². The fraction of sp³-hybridized carbons (Fsp3) is 0.533. The SMILES string of the molecule is CCC(NCCCC(=O)O)c1ccc(OC)c(OC)c1. The van der Waals surface area contributed by atoms with E-state index in [0.717, 1.165) is 12.0 Å². The Balaban J connectivity index is 2.67. The lowest BCUT2D eigenvalue weighted by Gasteiger charge is -2.19. The molecule has 0 saturated carbocycles. The highest BCUT2D eigenvalue weighted by atomic mass is 16.5. The van der Waals surface area contributed by atoms with E-state index in [0.29, 0.717) is 24.5 Å². The van der Waals surface area contributed by atoms with Gasteiger partial charge < -0.3 is 19.9 Å². The second kappa shape index (κ2) is 8.43. The fourth-order valence-corrected chi connectivity index (χ4v) is 2.08. The van der Waals surface area contributed by atoms with Crippen LogP contribution in [0.1, 0.15) is 37.8 Å². The molecule has 1 atom stereocenters. The maximum absolute atomic E-state index is 10.5. The van der Waals surface area contributed by atoms with Gasteiger partial charge in [-0.15, -0.1) is 0 Å². The van der Waals surface area contributed by atoms with Gasteiger partial charge in [-0.1, -0.05) is 13.0 Å². The number of rotatable bonds is 9. The van der Waals surface area contributed by atoms with Crippen molar-refractivity contribution in [2.45, 2.75) is 32.2 Å². The van der Waals surface area contributed by atoms with E-state index >= 15 is 0 Å². The summed E-state index contributed by atoms with van der Waals surface area (Å²) in [5, 5.41) is 12.0. The Morgan fingerprint density at radius 2 is 2.00 bits per heavy atom. The van der Waals surface area contributed by atoms with Gasteiger partial charge in [0, 0.05) is 12.5 Å². The van der Waals surface area contributed by atoms with Crippen LogP contribution in [0, 0.1) is 0 Å². The van der Waals surface area contributed by atoms with E-state index in [-0.39, 0.29) is 12.5 Å². The van der Waals surface area contributed by atoms with Gasteiger partial charge in [0.1, 0.15) is 0 Å². The molecule has 0 spiro atoms. The van der Waals surface area contributed by atoms with E-state index in [1.807, 2.05) is 18.2 Å². The molecular weight excluding hydrogens is 258 g/mol. The maximum Gasteiger partial charge on any atom is 0.303 e. The molecule has 1 unspecified atom stereocenters. The molecule has 1 rings (SSSR count). The molecule has 0 aliphatic rings. The summed E-state index contributed by atoms with van der Waals surface area (Å²) in [6.07, 6.45) is 1.73. The molecule has 20 heavy (non-hydrogen) atoms. The van der Waals surface area contributed by atoms with Crippen molar-refractivity contribution in [1.29, 1.82) is 0 Å². The molecule has 1 aromatic carbocycles. The number of benzene rings is 1. The number of carboxylic acid groups (broad SMARTS) is 1. The number of hydrogen-bond acceptors (Lipinski definition) is 4. The highest BCUT2D eigenvalue weighted by Crippen LogP contribution is 2.30. The maximum atomic E-state index is 10.5. The molecule has 0 amide bonds. The minimum absolute atomic E-state index is 0.184. The quantitative estimate of drug-likeness (QED) is 0.681. The summed E-state index contributed by atoms with van der Waals surface area (Å²) in [7, 11) is 3.22. The lowest BCUT2D eigenvalue weighted by Crippen LogP contribution is -2.22. The van der Waals surface area contributed by atoms with E-state index < -0.39 is 5.97 Å². The molecular formula is C15H23NO4. The molecule has 5 nitrogen and oxygen atoms in total. The monoisotopic (exact) mass is 281 g/mol. The summed E-state index contributed by atoms with van der Waals surface area (Å²) in [4.78, 5) is 10.5. The topological polar surface area (TPSA) is 67.8 Å². The lowest BCUT2D eigenvalue weighted by atomic mass is 10.0. The van der Waals surface area contributed by atoms with Gasteiger partial charge in [-0.05, 0) is 37.1 Å². The predicted molar refractivity (Wildman–Crippen MR) is 77.5 cm³/mol. The van der Waals surface area contributed by atoms with Crippen LogP contribution in [-0.2, 0) is 4.79 Å². The standard InChI is InChI=1S/C15H23NO4/c1-4-12(16-9-5-6-15(17)18)11-7-8-13(19-2)14(10-11)20-3/h7-8,10,12,16H,4-6,9H2,1-3H3,(H,17,18). The molecule has 0 aliphatic heterocycles. The third kappa shape index (κ3) is 4.74. The van der Waals surface area contributed by atoms with E-state index in [9.17, 15) is 4.79 Å². The van der Waals surface area contributed by atoms with Gasteiger partial charge in [0.25, 0.3) is 0 Å². The van der Waals surface area contributed by atoms with Crippen LogP contribution in [0.3, 0.4) is 0 Å². The molecule has 5 heteroatoms. The molecule has 0 radical (unpaired) electrons. The Morgan fingerprint density at radius 1 is 1.30 bits per heavy atom. The van der Waals surface area contributed by atoms with Crippen LogP contribution in [0.15, 0.2) is 18.2 Å². The first-order chi connectivity index (χ1) is 9.62. The van der Waals surface area contributed by atoms with Crippen LogP contribution in [0.25, 0.3) is 0 Å². The summed E-state index contributed by atoms with van der Waals surface area (Å²) in [6, 6.07) is 6.02. The summed E-state index contributed by atoms with van der Waals surface area (Å²) in [5.41, 5.74) is 1.11. The first kappa shape index (κ1) is 16.3. The van der Waals surface area contributed by atoms with E-state index in [4.69, 9.17) is 14.6 Å². The van der Waals surface area contributed by atoms with E-state index in [1.54, 1.807) is 14.2 Å². The van der Waals surface area contributed by atoms with Gasteiger partial charge in [-0.25, -0.2) is 0 Å². The molecule has 112 valence electrons. The fourth-order valence-electron chi connectivity index (χ4n) is 2.08. The Kier molecular flexibility index (Phi) is 6.87. The Morgan fingerprint density at radius 3 is 2.55 bits per heavy atom. The molecule has 0 bridgehead atoms. The third-order valence-corrected chi connectivity index (χ3v) is 3.18. The Labute approximate surface area is 119 Å². The van der Waals surface area contributed by atoms with Crippen molar-refractivity contribution in [3.05, 3.63) is 23.8 Å². The minimum Gasteiger partial charge on any atom is -0.493 e. The van der Waals surface area contributed by atoms with Crippen molar-refractivity contribution in [3.63, 3.8) is 0 Å². The van der Waals surface area contributed by atoms with Crippen molar-refractivity contribution in [2.24, 2.45) is 0 Å². The highest BCUT2D eigenvalue weighted by Gasteiger charge is 2.12. The van der Waals surface area contributed by atoms with Crippen LogP contribution in [0.5, 0.6) is 11.5 Å². The summed E-state index contributed by atoms with van der Waals surface area (Å²) in [5.74, 6) is 0.652. The summed E-state index contributed by atoms with van der Waals surface area (Å²) < 4.78 is 10.5. The van der Waals surface area contributed by atoms with Crippen molar-refractivity contribution in [3.8, 4) is 11.5 Å². The zero-order chi connectivity index (χ0) is 15.0. The number of hydrogen-bond donors (Lipinski definition) is 2. The number of aliphatic carboxylic acids is 1. The molecule has 0 saturated heterocycles. The molecule has 2 N–H and O–H groups in total. The van der Waals surface area contributed by atoms with Gasteiger partial charge in [0.15, 0.2) is 11.5 Å². The summed E-state index contributed by atoms with van der Waals surface area (Å²) in [6.45, 7) is 2.77. The van der Waals surface area contributed by atoms with Crippen LogP contribution in [-0.4, -0.2) is 31.8 Å². The highest BCUT2D eigenvalue weighted by molar-refractivity contribution is 5.66. The third-order valence-electron chi connectivity index (χ3n) is 3.18. The lowest BCUT2D eigenvalue weighted by molar-refractivity contribution is -0.137. The normalized spacial score (nSPS) is 11.9. The zero-order valence-corrected chi connectivity index (χ0v) is 12.3. The smallest absolute Gasteiger partial charge is 0.303 e. The van der Waals surface area contributed by atoms with Crippen molar-refractivity contribution >= 4 is 5.97 Å². The van der Waals surface area contributed by atoms with Gasteiger partial charge in [0.2, 0.25) is 0 Å². The molecule has 0 heterocycles. The first-order valence-electron chi connectivity index (χ1n) is 6.79. The van der Waals surface area contributed by atoms with Crippen LogP contribution in [0.2, 0.25) is 0 Å². The van der Waals surface area contributed by atoms with Crippen molar-refractivity contribution < 1.29 is 19.4 Å². The Bertz CT molecular complexity index is 434. The average molecular weight is 281 g/mol. The largest absolute Gasteiger partial charge is 0.493 e. The van der Waals surface area contributed by atoms with Gasteiger partial charge in [-0.3, -0.25) is 4.79 Å². The van der Waals surface area contributed by atoms with Crippen molar-refractivity contribution in [2.75, 3.05) is 20.8 Å². The average Bonchev–Trinajstić information content (AvgIpc) is 2.46. The number of carbonyl (C=O) groups is 1. The molecule has 0 aliphatic carbocycles. The van der Waals surface area contributed by atoms with Gasteiger partial charge in [0.05, 0.1) is 14.2 Å². The zero-order valence-electron chi connectivity index (χ0n) is 12.3. The number of ether oxygens (including phenoxy) is 2. The second-order valence-electron chi connectivity index (χ2n) is 4.53. The number of carboxylic acids is 1. The first-order valence-corrected chi connectivity index (χ1v) is 6.79. The second-order valence-corrected chi connectivity index (χ2v) is 4.53. The van der Waals surface area contributed by atoms with Crippen LogP contribution in [0.4, 0.5) is 0 Å². The minimum atomic E-state index is -0.758. The Hall–Kier alpha value is -1.75. The van der Waals surface area contributed by atoms with Gasteiger partial charge >= 0.3 is 5.97 Å². The van der Waals surface area contributed by atoms with E-state index in [2.05, 4.69) is 12.2 Å². The predicted octanol–water partition coefficient (Wildman–Crippen LogP) is 2.61. The molecule has 1 aromatic rings. The van der Waals surface area contributed by atoms with Crippen molar-refractivity contribution in [1.82, 2.24) is 5.32 Å². The van der Waals surface area contributed by atoms with Crippen LogP contribution >= 0.6 is 0 Å². The number of methoxy groups -OCH3 is 2. The summed E-state index contributed by atoms with van der Waals surface area (Å²) >= 11 is 0. The molecule has 0 aromatic heterocycles. The van der Waals surface area contributed by atoms with Crippen LogP contribution < -0.4 is 14.8 Å². The van der Waals surface area contributed by atoms with E-state index in [1.165, 1.54) is 0 Å². The number of nitrogens with one attached hydrogen (secondary N) is 1.